The van der Waals surface area contributed by atoms with Crippen LogP contribution < -0.4 is 6.15 Å². The van der Waals surface area contributed by atoms with Gasteiger partial charge in [0, 0.05) is 6.92 Å². The van der Waals surface area contributed by atoms with Gasteiger partial charge in [0.25, 0.3) is 5.97 Å². The number of hydrogen-bond donors (Lipinski definition) is 4. The largest absolute Gasteiger partial charge is 0.481 e. The molecule has 8 heteroatoms. The minimum Gasteiger partial charge on any atom is -0.481 e. The summed E-state index contributed by atoms with van der Waals surface area (Å²) in [5, 5.41) is 7.42. The summed E-state index contributed by atoms with van der Waals surface area (Å²) in [6, 6.07) is 0. The second-order valence-electron chi connectivity index (χ2n) is 0.967. The standard InChI is InChI=1S/C2H4O2.H3N.H2O3S2/c1-2(3)4;;1-5(2,3)4/h1H3,(H,3,4);1H3;(H2,1,2,3,4). The van der Waals surface area contributed by atoms with Gasteiger partial charge >= 0.3 is 9.15 Å². The maximum Gasteiger partial charge on any atom is 0.316 e. The number of thiol groups is 1. The molecular formula is C2H9NO5S2. The number of rotatable bonds is 0. The molecule has 5 N–H and O–H groups in total. The van der Waals surface area contributed by atoms with Crippen LogP contribution in [-0.4, -0.2) is 24.0 Å². The summed E-state index contributed by atoms with van der Waals surface area (Å²) in [5.74, 6) is -0.833. The van der Waals surface area contributed by atoms with Crippen LogP contribution in [0.5, 0.6) is 0 Å². The molecule has 0 radical (unpaired) electrons. The topological polar surface area (TPSA) is 127 Å². The molecule has 0 atom stereocenters. The van der Waals surface area contributed by atoms with E-state index in [1.54, 1.807) is 0 Å². The Morgan fingerprint density at radius 2 is 1.50 bits per heavy atom. The highest BCUT2D eigenvalue weighted by atomic mass is 33.1. The molecule has 0 fully saturated rings. The summed E-state index contributed by atoms with van der Waals surface area (Å²) in [4.78, 5) is 9.00. The average Bonchev–Trinajstić information content (AvgIpc) is 1.19. The number of carboxylic acid groups (broad SMARTS) is 1. The van der Waals surface area contributed by atoms with Crippen molar-refractivity contribution in [3.8, 4) is 0 Å². The van der Waals surface area contributed by atoms with Gasteiger partial charge in [0.05, 0.1) is 0 Å². The molecule has 64 valence electrons. The Morgan fingerprint density at radius 1 is 1.50 bits per heavy atom. The summed E-state index contributed by atoms with van der Waals surface area (Å²) < 4.78 is 25.5. The normalized spacial score (nSPS) is 8.30. The van der Waals surface area contributed by atoms with Crippen molar-refractivity contribution in [1.29, 1.82) is 0 Å². The predicted molar refractivity (Wildman–Crippen MR) is 38.9 cm³/mol. The van der Waals surface area contributed by atoms with E-state index in [4.69, 9.17) is 22.9 Å². The quantitative estimate of drug-likeness (QED) is 0.242. The number of carbonyl (C=O) groups is 1. The Balaban J connectivity index is -0.0000000910. The minimum atomic E-state index is -3.97. The molecular weight excluding hydrogens is 182 g/mol. The molecule has 0 aromatic carbocycles. The lowest BCUT2D eigenvalue weighted by Gasteiger charge is -1.67. The Labute approximate surface area is 63.4 Å². The number of carboxylic acids is 1. The molecule has 0 aromatic rings. The highest BCUT2D eigenvalue weighted by Gasteiger charge is 1.83. The van der Waals surface area contributed by atoms with Crippen molar-refractivity contribution >= 4 is 26.8 Å². The first kappa shape index (κ1) is 16.3. The van der Waals surface area contributed by atoms with Crippen LogP contribution >= 0.6 is 11.7 Å². The third-order valence-electron chi connectivity index (χ3n) is 0. The third kappa shape index (κ3) is 3580. The summed E-state index contributed by atoms with van der Waals surface area (Å²) in [6.45, 7) is 1.08. The van der Waals surface area contributed by atoms with Crippen molar-refractivity contribution in [3.63, 3.8) is 0 Å². The van der Waals surface area contributed by atoms with Crippen molar-refractivity contribution in [3.05, 3.63) is 0 Å². The van der Waals surface area contributed by atoms with Crippen molar-refractivity contribution in [2.24, 2.45) is 0 Å². The van der Waals surface area contributed by atoms with Crippen LogP contribution in [-0.2, 0) is 13.9 Å². The first-order valence-electron chi connectivity index (χ1n) is 1.63. The van der Waals surface area contributed by atoms with Crippen LogP contribution in [0.25, 0.3) is 0 Å². The van der Waals surface area contributed by atoms with Gasteiger partial charge in [0.2, 0.25) is 0 Å². The Bertz CT molecular complexity index is 160. The first-order chi connectivity index (χ1) is 3.73. The van der Waals surface area contributed by atoms with Crippen LogP contribution in [0.1, 0.15) is 6.92 Å². The molecule has 0 aliphatic carbocycles. The highest BCUT2D eigenvalue weighted by molar-refractivity contribution is 8.61. The Hall–Kier alpha value is -0.310. The summed E-state index contributed by atoms with van der Waals surface area (Å²) >= 11 is 2.65. The zero-order chi connectivity index (χ0) is 8.08. The van der Waals surface area contributed by atoms with E-state index in [2.05, 4.69) is 11.7 Å². The van der Waals surface area contributed by atoms with Crippen LogP contribution in [0, 0.1) is 0 Å². The van der Waals surface area contributed by atoms with E-state index >= 15 is 0 Å². The SMILES string of the molecule is CC(=O)O.N.O=S(=O)(O)S. The third-order valence-corrected chi connectivity index (χ3v) is 0. The molecule has 0 unspecified atom stereocenters. The van der Waals surface area contributed by atoms with E-state index in [9.17, 15) is 0 Å². The molecule has 0 heterocycles. The van der Waals surface area contributed by atoms with Crippen LogP contribution in [0.3, 0.4) is 0 Å². The lowest BCUT2D eigenvalue weighted by molar-refractivity contribution is -0.134. The summed E-state index contributed by atoms with van der Waals surface area (Å²) in [5.41, 5.74) is 0. The second kappa shape index (κ2) is 6.81. The minimum absolute atomic E-state index is 0. The summed E-state index contributed by atoms with van der Waals surface area (Å²) in [7, 11) is -3.97. The van der Waals surface area contributed by atoms with E-state index in [0.29, 0.717) is 0 Å². The number of hydrogen-bond acceptors (Lipinski definition) is 4. The van der Waals surface area contributed by atoms with Gasteiger partial charge in [-0.05, 0) is 11.7 Å². The molecule has 0 saturated heterocycles. The molecule has 0 bridgehead atoms. The van der Waals surface area contributed by atoms with Gasteiger partial charge in [0.15, 0.2) is 0 Å². The van der Waals surface area contributed by atoms with E-state index in [1.807, 2.05) is 0 Å². The van der Waals surface area contributed by atoms with E-state index in [-0.39, 0.29) is 6.15 Å². The molecule has 10 heavy (non-hydrogen) atoms. The van der Waals surface area contributed by atoms with Crippen molar-refractivity contribution < 1.29 is 22.9 Å². The lowest BCUT2D eigenvalue weighted by atomic mass is 10.9. The predicted octanol–water partition coefficient (Wildman–Crippen LogP) is -0.0281. The molecule has 0 rings (SSSR count). The fraction of sp³-hybridized carbons (Fsp3) is 0.500. The molecule has 0 spiro atoms. The van der Waals surface area contributed by atoms with Gasteiger partial charge in [0.1, 0.15) is 0 Å². The summed E-state index contributed by atoms with van der Waals surface area (Å²) in [6.07, 6.45) is 0. The Morgan fingerprint density at radius 3 is 1.50 bits per heavy atom. The lowest BCUT2D eigenvalue weighted by Crippen LogP contribution is -1.78. The molecule has 0 aliphatic heterocycles. The van der Waals surface area contributed by atoms with Crippen LogP contribution in [0.15, 0.2) is 0 Å². The second-order valence-corrected chi connectivity index (χ2v) is 3.25. The van der Waals surface area contributed by atoms with Crippen LogP contribution in [0.2, 0.25) is 0 Å². The monoisotopic (exact) mass is 191 g/mol. The van der Waals surface area contributed by atoms with Gasteiger partial charge < -0.3 is 11.3 Å². The molecule has 0 aliphatic rings. The van der Waals surface area contributed by atoms with Gasteiger partial charge in [-0.15, -0.1) is 0 Å². The van der Waals surface area contributed by atoms with Crippen LogP contribution in [0.4, 0.5) is 0 Å². The first-order valence-corrected chi connectivity index (χ1v) is 4.12. The van der Waals surface area contributed by atoms with Gasteiger partial charge in [-0.3, -0.25) is 9.35 Å². The molecule has 0 aromatic heterocycles. The van der Waals surface area contributed by atoms with E-state index in [1.165, 1.54) is 0 Å². The fourth-order valence-electron chi connectivity index (χ4n) is 0. The maximum absolute atomic E-state index is 9.05. The van der Waals surface area contributed by atoms with Gasteiger partial charge in [-0.2, -0.15) is 8.42 Å². The fourth-order valence-corrected chi connectivity index (χ4v) is 0. The van der Waals surface area contributed by atoms with Crippen molar-refractivity contribution in [2.75, 3.05) is 0 Å². The molecule has 0 amide bonds. The smallest absolute Gasteiger partial charge is 0.316 e. The van der Waals surface area contributed by atoms with Crippen molar-refractivity contribution in [1.82, 2.24) is 6.15 Å². The zero-order valence-corrected chi connectivity index (χ0v) is 6.89. The Kier molecular flexibility index (Phi) is 11.1. The average molecular weight is 191 g/mol. The van der Waals surface area contributed by atoms with Crippen molar-refractivity contribution in [2.45, 2.75) is 6.92 Å². The highest BCUT2D eigenvalue weighted by Crippen LogP contribution is 1.81. The molecule has 6 nitrogen and oxygen atoms in total. The van der Waals surface area contributed by atoms with Gasteiger partial charge in [-0.25, -0.2) is 0 Å². The maximum atomic E-state index is 9.05. The van der Waals surface area contributed by atoms with Gasteiger partial charge in [-0.1, -0.05) is 0 Å². The van der Waals surface area contributed by atoms with E-state index in [0.717, 1.165) is 6.92 Å². The molecule has 0 saturated carbocycles. The zero-order valence-electron chi connectivity index (χ0n) is 5.18. The number of aliphatic carboxylic acids is 1. The van der Waals surface area contributed by atoms with E-state index < -0.39 is 15.1 Å².